The van der Waals surface area contributed by atoms with E-state index >= 15 is 0 Å². The van der Waals surface area contributed by atoms with Crippen LogP contribution in [-0.4, -0.2) is 46.7 Å². The first kappa shape index (κ1) is 17.5. The van der Waals surface area contributed by atoms with Crippen LogP contribution in [0.1, 0.15) is 36.1 Å². The summed E-state index contributed by atoms with van der Waals surface area (Å²) >= 11 is 0. The molecule has 29 heavy (non-hydrogen) atoms. The van der Waals surface area contributed by atoms with E-state index in [9.17, 15) is 4.79 Å². The lowest BCUT2D eigenvalue weighted by Crippen LogP contribution is -2.44. The standard InChI is InChI=1S/C21H21N7O/c1-14(2)17-20-24-18(15-7-4-3-5-8-15)25-28(20)12-11-26(17)21(29)16-13-23-27-10-6-9-22-19(16)27/h3-10,13-14,17H,11-12H2,1-2H3/t17-/m0/s1. The summed E-state index contributed by atoms with van der Waals surface area (Å²) < 4.78 is 3.56. The van der Waals surface area contributed by atoms with Crippen LogP contribution in [0.2, 0.25) is 0 Å². The zero-order chi connectivity index (χ0) is 20.0. The predicted octanol–water partition coefficient (Wildman–Crippen LogP) is 2.84. The van der Waals surface area contributed by atoms with Crippen LogP contribution in [0.3, 0.4) is 0 Å². The van der Waals surface area contributed by atoms with Gasteiger partial charge < -0.3 is 4.90 Å². The molecule has 8 nitrogen and oxygen atoms in total. The molecule has 0 unspecified atom stereocenters. The van der Waals surface area contributed by atoms with Crippen LogP contribution >= 0.6 is 0 Å². The first-order valence-electron chi connectivity index (χ1n) is 9.73. The fourth-order valence-electron chi connectivity index (χ4n) is 3.95. The van der Waals surface area contributed by atoms with Gasteiger partial charge in [-0.05, 0) is 12.0 Å². The smallest absolute Gasteiger partial charge is 0.260 e. The molecule has 0 spiro atoms. The Hall–Kier alpha value is -3.55. The Morgan fingerprint density at radius 3 is 2.76 bits per heavy atom. The molecule has 0 radical (unpaired) electrons. The van der Waals surface area contributed by atoms with Gasteiger partial charge in [-0.25, -0.2) is 19.2 Å². The summed E-state index contributed by atoms with van der Waals surface area (Å²) in [7, 11) is 0. The van der Waals surface area contributed by atoms with E-state index in [0.29, 0.717) is 30.1 Å². The summed E-state index contributed by atoms with van der Waals surface area (Å²) in [6.45, 7) is 5.38. The summed E-state index contributed by atoms with van der Waals surface area (Å²) in [6, 6.07) is 11.5. The number of aromatic nitrogens is 6. The number of amides is 1. The van der Waals surface area contributed by atoms with Crippen LogP contribution < -0.4 is 0 Å². The molecule has 1 aliphatic heterocycles. The minimum absolute atomic E-state index is 0.0760. The van der Waals surface area contributed by atoms with Gasteiger partial charge in [0.1, 0.15) is 5.56 Å². The van der Waals surface area contributed by atoms with Crippen molar-refractivity contribution in [3.63, 3.8) is 0 Å². The van der Waals surface area contributed by atoms with Gasteiger partial charge in [0.25, 0.3) is 5.91 Å². The molecule has 0 bridgehead atoms. The molecule has 0 N–H and O–H groups in total. The Morgan fingerprint density at radius 2 is 1.97 bits per heavy atom. The Kier molecular flexibility index (Phi) is 4.12. The van der Waals surface area contributed by atoms with E-state index in [1.807, 2.05) is 39.9 Å². The summed E-state index contributed by atoms with van der Waals surface area (Å²) in [6.07, 6.45) is 5.06. The number of carbonyl (C=O) groups excluding carboxylic acids is 1. The summed E-state index contributed by atoms with van der Waals surface area (Å²) in [5, 5.41) is 8.96. The van der Waals surface area contributed by atoms with Gasteiger partial charge in [0.15, 0.2) is 17.3 Å². The average Bonchev–Trinajstić information content (AvgIpc) is 3.37. The lowest BCUT2D eigenvalue weighted by Gasteiger charge is -2.37. The van der Waals surface area contributed by atoms with Crippen molar-refractivity contribution in [1.29, 1.82) is 0 Å². The first-order chi connectivity index (χ1) is 14.1. The number of hydrogen-bond acceptors (Lipinski definition) is 5. The Morgan fingerprint density at radius 1 is 1.14 bits per heavy atom. The molecule has 1 aliphatic rings. The number of hydrogen-bond donors (Lipinski definition) is 0. The third-order valence-corrected chi connectivity index (χ3v) is 5.29. The number of rotatable bonds is 3. The second-order valence-electron chi connectivity index (χ2n) is 7.52. The van der Waals surface area contributed by atoms with Crippen molar-refractivity contribution in [3.8, 4) is 11.4 Å². The molecular formula is C21H21N7O. The van der Waals surface area contributed by atoms with E-state index in [0.717, 1.165) is 11.4 Å². The Balaban J connectivity index is 1.54. The molecule has 1 aromatic carbocycles. The highest BCUT2D eigenvalue weighted by Crippen LogP contribution is 2.33. The zero-order valence-corrected chi connectivity index (χ0v) is 16.3. The zero-order valence-electron chi connectivity index (χ0n) is 16.3. The van der Waals surface area contributed by atoms with Gasteiger partial charge in [-0.3, -0.25) is 4.79 Å². The highest BCUT2D eigenvalue weighted by molar-refractivity contribution is 5.99. The summed E-state index contributed by atoms with van der Waals surface area (Å²) in [5.74, 6) is 1.62. The van der Waals surface area contributed by atoms with Crippen LogP contribution in [-0.2, 0) is 6.54 Å². The fourth-order valence-corrected chi connectivity index (χ4v) is 3.95. The SMILES string of the molecule is CC(C)[C@H]1c2nc(-c3ccccc3)nn2CCN1C(=O)c1cnn2cccnc12. The van der Waals surface area contributed by atoms with E-state index in [1.54, 1.807) is 29.2 Å². The maximum absolute atomic E-state index is 13.5. The molecule has 1 amide bonds. The third kappa shape index (κ3) is 2.88. The van der Waals surface area contributed by atoms with Crippen LogP contribution in [0.25, 0.3) is 17.0 Å². The largest absolute Gasteiger partial charge is 0.326 e. The van der Waals surface area contributed by atoms with Gasteiger partial charge in [0.2, 0.25) is 0 Å². The predicted molar refractivity (Wildman–Crippen MR) is 107 cm³/mol. The van der Waals surface area contributed by atoms with Gasteiger partial charge in [-0.2, -0.15) is 10.2 Å². The maximum atomic E-state index is 13.5. The second kappa shape index (κ2) is 6.80. The molecule has 0 fully saturated rings. The summed E-state index contributed by atoms with van der Waals surface area (Å²) in [5.41, 5.74) is 2.05. The number of benzene rings is 1. The van der Waals surface area contributed by atoms with E-state index in [4.69, 9.17) is 10.1 Å². The molecule has 3 aromatic heterocycles. The monoisotopic (exact) mass is 387 g/mol. The van der Waals surface area contributed by atoms with Crippen molar-refractivity contribution in [2.24, 2.45) is 5.92 Å². The normalized spacial score (nSPS) is 16.4. The quantitative estimate of drug-likeness (QED) is 0.540. The molecule has 4 aromatic rings. The van der Waals surface area contributed by atoms with Crippen molar-refractivity contribution in [2.45, 2.75) is 26.4 Å². The van der Waals surface area contributed by atoms with Crippen molar-refractivity contribution in [2.75, 3.05) is 6.54 Å². The van der Waals surface area contributed by atoms with E-state index in [-0.39, 0.29) is 17.9 Å². The van der Waals surface area contributed by atoms with Gasteiger partial charge in [0.05, 0.1) is 18.8 Å². The van der Waals surface area contributed by atoms with E-state index in [1.165, 1.54) is 0 Å². The Labute approximate surface area is 167 Å². The molecule has 8 heteroatoms. The molecule has 4 heterocycles. The Bertz CT molecular complexity index is 1180. The lowest BCUT2D eigenvalue weighted by molar-refractivity contribution is 0.0538. The van der Waals surface area contributed by atoms with Crippen molar-refractivity contribution < 1.29 is 4.79 Å². The molecule has 5 rings (SSSR count). The van der Waals surface area contributed by atoms with Crippen molar-refractivity contribution in [1.82, 2.24) is 34.3 Å². The summed E-state index contributed by atoms with van der Waals surface area (Å²) in [4.78, 5) is 24.5. The second-order valence-corrected chi connectivity index (χ2v) is 7.52. The van der Waals surface area contributed by atoms with Gasteiger partial charge in [-0.15, -0.1) is 0 Å². The maximum Gasteiger partial charge on any atom is 0.260 e. The van der Waals surface area contributed by atoms with Crippen LogP contribution in [0.4, 0.5) is 0 Å². The molecule has 0 saturated heterocycles. The van der Waals surface area contributed by atoms with Crippen LogP contribution in [0.15, 0.2) is 55.0 Å². The minimum Gasteiger partial charge on any atom is -0.326 e. The fraction of sp³-hybridized carbons (Fsp3) is 0.286. The topological polar surface area (TPSA) is 81.2 Å². The minimum atomic E-state index is -0.167. The van der Waals surface area contributed by atoms with Crippen LogP contribution in [0.5, 0.6) is 0 Å². The molecule has 146 valence electrons. The van der Waals surface area contributed by atoms with Crippen molar-refractivity contribution >= 4 is 11.6 Å². The molecule has 0 saturated carbocycles. The third-order valence-electron chi connectivity index (χ3n) is 5.29. The van der Waals surface area contributed by atoms with Crippen LogP contribution in [0, 0.1) is 5.92 Å². The van der Waals surface area contributed by atoms with E-state index < -0.39 is 0 Å². The van der Waals surface area contributed by atoms with Gasteiger partial charge >= 0.3 is 0 Å². The first-order valence-corrected chi connectivity index (χ1v) is 9.73. The highest BCUT2D eigenvalue weighted by Gasteiger charge is 2.37. The lowest BCUT2D eigenvalue weighted by atomic mass is 9.99. The molecule has 0 aliphatic carbocycles. The average molecular weight is 387 g/mol. The number of nitrogens with zero attached hydrogens (tertiary/aromatic N) is 7. The molecular weight excluding hydrogens is 366 g/mol. The number of fused-ring (bicyclic) bond motifs is 2. The van der Waals surface area contributed by atoms with Gasteiger partial charge in [-0.1, -0.05) is 44.2 Å². The number of carbonyl (C=O) groups is 1. The highest BCUT2D eigenvalue weighted by atomic mass is 16.2. The molecule has 1 atom stereocenters. The van der Waals surface area contributed by atoms with Gasteiger partial charge in [0, 0.05) is 24.5 Å². The van der Waals surface area contributed by atoms with E-state index in [2.05, 4.69) is 23.9 Å². The van der Waals surface area contributed by atoms with Crippen molar-refractivity contribution in [3.05, 3.63) is 66.4 Å².